The van der Waals surface area contributed by atoms with Crippen molar-refractivity contribution >= 4 is 5.69 Å². The largest absolute Gasteiger partial charge is 0.368 e. The van der Waals surface area contributed by atoms with Gasteiger partial charge in [-0.1, -0.05) is 12.1 Å². The molecule has 0 saturated carbocycles. The predicted molar refractivity (Wildman–Crippen MR) is 73.2 cm³/mol. The second kappa shape index (κ2) is 5.67. The summed E-state index contributed by atoms with van der Waals surface area (Å²) in [6.45, 7) is 2.49. The molecule has 0 radical (unpaired) electrons. The minimum Gasteiger partial charge on any atom is -0.368 e. The molecule has 1 fully saturated rings. The molecule has 1 aliphatic heterocycles. The number of nitrogens with two attached hydrogens (primary N) is 1. The van der Waals surface area contributed by atoms with Gasteiger partial charge in [-0.25, -0.2) is 4.39 Å². The summed E-state index contributed by atoms with van der Waals surface area (Å²) >= 11 is 0. The third kappa shape index (κ3) is 2.65. The van der Waals surface area contributed by atoms with Gasteiger partial charge in [-0.15, -0.1) is 0 Å². The van der Waals surface area contributed by atoms with Gasteiger partial charge in [-0.3, -0.25) is 0 Å². The molecule has 3 nitrogen and oxygen atoms in total. The third-order valence-corrected chi connectivity index (χ3v) is 3.79. The van der Waals surface area contributed by atoms with Crippen molar-refractivity contribution in [3.63, 3.8) is 0 Å². The topological polar surface area (TPSA) is 32.5 Å². The minimum atomic E-state index is -0.173. The standard InChI is InChI=1S/C14H22FN3/c1-17-8-4-6-12(10-17)18(2)14-11(9-16)5-3-7-13(14)15/h3,5,7,12H,4,6,8-10,16H2,1-2H3. The molecular formula is C14H22FN3. The Labute approximate surface area is 108 Å². The quantitative estimate of drug-likeness (QED) is 0.889. The molecule has 0 spiro atoms. The summed E-state index contributed by atoms with van der Waals surface area (Å²) < 4.78 is 14.0. The zero-order valence-corrected chi connectivity index (χ0v) is 11.2. The molecule has 100 valence electrons. The van der Waals surface area contributed by atoms with Crippen molar-refractivity contribution in [1.82, 2.24) is 4.90 Å². The highest BCUT2D eigenvalue weighted by Crippen LogP contribution is 2.27. The fourth-order valence-corrected chi connectivity index (χ4v) is 2.76. The van der Waals surface area contributed by atoms with E-state index in [4.69, 9.17) is 5.73 Å². The van der Waals surface area contributed by atoms with Crippen LogP contribution >= 0.6 is 0 Å². The van der Waals surface area contributed by atoms with E-state index in [0.717, 1.165) is 31.5 Å². The molecule has 1 aromatic rings. The zero-order chi connectivity index (χ0) is 13.1. The zero-order valence-electron chi connectivity index (χ0n) is 11.2. The number of hydrogen-bond donors (Lipinski definition) is 1. The Morgan fingerprint density at radius 3 is 2.94 bits per heavy atom. The van der Waals surface area contributed by atoms with Crippen molar-refractivity contribution in [1.29, 1.82) is 0 Å². The average Bonchev–Trinajstić information content (AvgIpc) is 2.37. The maximum Gasteiger partial charge on any atom is 0.146 e. The Bertz CT molecular complexity index is 408. The van der Waals surface area contributed by atoms with E-state index in [1.165, 1.54) is 6.07 Å². The summed E-state index contributed by atoms with van der Waals surface area (Å²) in [5.74, 6) is -0.173. The van der Waals surface area contributed by atoms with Gasteiger partial charge >= 0.3 is 0 Å². The summed E-state index contributed by atoms with van der Waals surface area (Å²) in [6.07, 6.45) is 2.27. The van der Waals surface area contributed by atoms with Crippen molar-refractivity contribution in [3.8, 4) is 0 Å². The monoisotopic (exact) mass is 251 g/mol. The number of likely N-dealkylation sites (N-methyl/N-ethyl adjacent to an activating group) is 2. The SMILES string of the molecule is CN1CCCC(N(C)c2c(F)cccc2CN)C1. The lowest BCUT2D eigenvalue weighted by molar-refractivity contribution is 0.247. The molecule has 4 heteroatoms. The van der Waals surface area contributed by atoms with Gasteiger partial charge in [0.2, 0.25) is 0 Å². The Kier molecular flexibility index (Phi) is 4.19. The molecule has 1 unspecified atom stereocenters. The van der Waals surface area contributed by atoms with Gasteiger partial charge < -0.3 is 15.5 Å². The number of anilines is 1. The van der Waals surface area contributed by atoms with Crippen LogP contribution < -0.4 is 10.6 Å². The molecular weight excluding hydrogens is 229 g/mol. The number of rotatable bonds is 3. The van der Waals surface area contributed by atoms with Crippen LogP contribution in [0.3, 0.4) is 0 Å². The first-order valence-corrected chi connectivity index (χ1v) is 6.52. The number of hydrogen-bond acceptors (Lipinski definition) is 3. The number of benzene rings is 1. The summed E-state index contributed by atoms with van der Waals surface area (Å²) in [6, 6.07) is 5.51. The van der Waals surface area contributed by atoms with Gasteiger partial charge in [0, 0.05) is 26.2 Å². The van der Waals surface area contributed by atoms with E-state index in [2.05, 4.69) is 16.8 Å². The van der Waals surface area contributed by atoms with E-state index in [9.17, 15) is 4.39 Å². The highest BCUT2D eigenvalue weighted by atomic mass is 19.1. The average molecular weight is 251 g/mol. The Hall–Kier alpha value is -1.13. The first-order chi connectivity index (χ1) is 8.63. The lowest BCUT2D eigenvalue weighted by atomic mass is 10.0. The molecule has 1 aliphatic rings. The van der Waals surface area contributed by atoms with Gasteiger partial charge in [0.05, 0.1) is 5.69 Å². The van der Waals surface area contributed by atoms with Crippen LogP contribution in [0, 0.1) is 5.82 Å². The second-order valence-corrected chi connectivity index (χ2v) is 5.12. The molecule has 0 aromatic heterocycles. The predicted octanol–water partition coefficient (Wildman–Crippen LogP) is 1.81. The highest BCUT2D eigenvalue weighted by molar-refractivity contribution is 5.55. The van der Waals surface area contributed by atoms with Crippen LogP contribution in [0.1, 0.15) is 18.4 Å². The smallest absolute Gasteiger partial charge is 0.146 e. The summed E-state index contributed by atoms with van der Waals surface area (Å²) in [5.41, 5.74) is 7.26. The maximum atomic E-state index is 14.0. The maximum absolute atomic E-state index is 14.0. The number of para-hydroxylation sites is 1. The number of piperidine rings is 1. The number of halogens is 1. The van der Waals surface area contributed by atoms with Crippen molar-refractivity contribution in [2.75, 3.05) is 32.1 Å². The van der Waals surface area contributed by atoms with E-state index in [0.29, 0.717) is 18.3 Å². The van der Waals surface area contributed by atoms with E-state index in [1.54, 1.807) is 6.07 Å². The third-order valence-electron chi connectivity index (χ3n) is 3.79. The normalized spacial score (nSPS) is 21.0. The van der Waals surface area contributed by atoms with E-state index >= 15 is 0 Å². The van der Waals surface area contributed by atoms with Crippen LogP contribution in [-0.4, -0.2) is 38.1 Å². The van der Waals surface area contributed by atoms with Crippen molar-refractivity contribution in [2.24, 2.45) is 5.73 Å². The molecule has 2 rings (SSSR count). The molecule has 1 heterocycles. The molecule has 2 N–H and O–H groups in total. The van der Waals surface area contributed by atoms with Gasteiger partial charge in [0.15, 0.2) is 0 Å². The Morgan fingerprint density at radius 1 is 1.50 bits per heavy atom. The fourth-order valence-electron chi connectivity index (χ4n) is 2.76. The lowest BCUT2D eigenvalue weighted by Crippen LogP contribution is -2.45. The van der Waals surface area contributed by atoms with Gasteiger partial charge in [-0.05, 0) is 38.1 Å². The highest BCUT2D eigenvalue weighted by Gasteiger charge is 2.24. The van der Waals surface area contributed by atoms with Crippen LogP contribution in [0.4, 0.5) is 10.1 Å². The number of likely N-dealkylation sites (tertiary alicyclic amines) is 1. The molecule has 1 saturated heterocycles. The Balaban J connectivity index is 2.24. The van der Waals surface area contributed by atoms with Crippen LogP contribution in [0.5, 0.6) is 0 Å². The molecule has 1 aromatic carbocycles. The molecule has 0 aliphatic carbocycles. The molecule has 0 bridgehead atoms. The molecule has 0 amide bonds. The van der Waals surface area contributed by atoms with Gasteiger partial charge in [0.1, 0.15) is 5.82 Å². The van der Waals surface area contributed by atoms with E-state index < -0.39 is 0 Å². The van der Waals surface area contributed by atoms with Gasteiger partial charge in [0.25, 0.3) is 0 Å². The minimum absolute atomic E-state index is 0.173. The second-order valence-electron chi connectivity index (χ2n) is 5.12. The van der Waals surface area contributed by atoms with E-state index in [-0.39, 0.29) is 5.82 Å². The van der Waals surface area contributed by atoms with Crippen molar-refractivity contribution in [2.45, 2.75) is 25.4 Å². The summed E-state index contributed by atoms with van der Waals surface area (Å²) in [5, 5.41) is 0. The summed E-state index contributed by atoms with van der Waals surface area (Å²) in [4.78, 5) is 4.36. The van der Waals surface area contributed by atoms with Crippen molar-refractivity contribution in [3.05, 3.63) is 29.6 Å². The molecule has 18 heavy (non-hydrogen) atoms. The van der Waals surface area contributed by atoms with Crippen LogP contribution in [0.25, 0.3) is 0 Å². The van der Waals surface area contributed by atoms with Gasteiger partial charge in [-0.2, -0.15) is 0 Å². The number of nitrogens with zero attached hydrogens (tertiary/aromatic N) is 2. The molecule has 1 atom stereocenters. The fraction of sp³-hybridized carbons (Fsp3) is 0.571. The Morgan fingerprint density at radius 2 is 2.28 bits per heavy atom. The van der Waals surface area contributed by atoms with Crippen LogP contribution in [-0.2, 0) is 6.54 Å². The summed E-state index contributed by atoms with van der Waals surface area (Å²) in [7, 11) is 4.09. The van der Waals surface area contributed by atoms with Crippen LogP contribution in [0.15, 0.2) is 18.2 Å². The van der Waals surface area contributed by atoms with Crippen molar-refractivity contribution < 1.29 is 4.39 Å². The van der Waals surface area contributed by atoms with E-state index in [1.807, 2.05) is 13.1 Å². The first-order valence-electron chi connectivity index (χ1n) is 6.52. The lowest BCUT2D eigenvalue weighted by Gasteiger charge is -2.38. The van der Waals surface area contributed by atoms with Crippen LogP contribution in [0.2, 0.25) is 0 Å². The first kappa shape index (κ1) is 13.3.